The largest absolute Gasteiger partial charge is 0.384 e. The van der Waals surface area contributed by atoms with Gasteiger partial charge in [0, 0.05) is 6.42 Å². The number of nitrogens with one attached hydrogen (secondary N) is 1. The fraction of sp³-hybridized carbons (Fsp3) is 0.538. The third-order valence-electron chi connectivity index (χ3n) is 3.08. The summed E-state index contributed by atoms with van der Waals surface area (Å²) >= 11 is 0. The van der Waals surface area contributed by atoms with Gasteiger partial charge in [0.1, 0.15) is 5.82 Å². The predicted molar refractivity (Wildman–Crippen MR) is 77.3 cm³/mol. The molecule has 2 unspecified atom stereocenters. The number of ether oxygens (including phenoxy) is 1. The lowest BCUT2D eigenvalue weighted by Gasteiger charge is -2.10. The van der Waals surface area contributed by atoms with Crippen LogP contribution in [0.25, 0.3) is 0 Å². The van der Waals surface area contributed by atoms with Crippen LogP contribution in [0.3, 0.4) is 0 Å². The van der Waals surface area contributed by atoms with E-state index < -0.39 is 0 Å². The first-order chi connectivity index (χ1) is 8.63. The number of nitrogen functional groups attached to an aromatic ring is 1. The molecular weight excluding hydrogens is 266 g/mol. The van der Waals surface area contributed by atoms with E-state index in [1.165, 1.54) is 0 Å². The number of carbonyl (C=O) groups is 1. The van der Waals surface area contributed by atoms with Gasteiger partial charge in [0.25, 0.3) is 0 Å². The van der Waals surface area contributed by atoms with Gasteiger partial charge in [-0.05, 0) is 38.3 Å². The topological polar surface area (TPSA) is 77.2 Å². The maximum atomic E-state index is 11.7. The summed E-state index contributed by atoms with van der Waals surface area (Å²) in [5, 5.41) is 2.79. The molecule has 106 valence electrons. The van der Waals surface area contributed by atoms with Crippen molar-refractivity contribution >= 4 is 29.8 Å². The number of nitrogens with zero attached hydrogens (tertiary/aromatic N) is 1. The molecule has 0 bridgehead atoms. The number of pyridine rings is 1. The summed E-state index contributed by atoms with van der Waals surface area (Å²) < 4.78 is 5.67. The van der Waals surface area contributed by atoms with E-state index >= 15 is 0 Å². The number of amides is 1. The number of anilines is 2. The van der Waals surface area contributed by atoms with Gasteiger partial charge in [-0.15, -0.1) is 12.4 Å². The Morgan fingerprint density at radius 1 is 1.53 bits per heavy atom. The van der Waals surface area contributed by atoms with Crippen LogP contribution in [0.5, 0.6) is 0 Å². The average Bonchev–Trinajstić information content (AvgIpc) is 2.76. The van der Waals surface area contributed by atoms with E-state index in [4.69, 9.17) is 10.5 Å². The lowest BCUT2D eigenvalue weighted by Crippen LogP contribution is -2.16. The molecule has 0 spiro atoms. The van der Waals surface area contributed by atoms with Crippen molar-refractivity contribution in [3.05, 3.63) is 18.3 Å². The number of hydrogen-bond acceptors (Lipinski definition) is 4. The van der Waals surface area contributed by atoms with Crippen LogP contribution >= 0.6 is 12.4 Å². The normalized spacial score (nSPS) is 21.7. The minimum atomic E-state index is -0.00951. The second-order valence-corrected chi connectivity index (χ2v) is 4.70. The van der Waals surface area contributed by atoms with Crippen molar-refractivity contribution in [2.75, 3.05) is 11.1 Å². The van der Waals surface area contributed by atoms with Crippen LogP contribution < -0.4 is 11.1 Å². The molecular formula is C13H20ClN3O2. The highest BCUT2D eigenvalue weighted by molar-refractivity contribution is 5.90. The monoisotopic (exact) mass is 285 g/mol. The lowest BCUT2D eigenvalue weighted by atomic mass is 10.1. The molecule has 2 atom stereocenters. The summed E-state index contributed by atoms with van der Waals surface area (Å²) in [6, 6.07) is 3.41. The Morgan fingerprint density at radius 2 is 2.32 bits per heavy atom. The molecule has 2 rings (SSSR count). The Hall–Kier alpha value is -1.33. The molecule has 1 aliphatic heterocycles. The molecule has 1 saturated heterocycles. The standard InChI is InChI=1S/C13H19N3O2.ClH/c1-9-2-4-11(18-9)5-7-13(17)16-10-3-6-12(14)15-8-10;/h3,6,8-9,11H,2,4-5,7H2,1H3,(H2,14,15)(H,16,17);1H. The van der Waals surface area contributed by atoms with Crippen LogP contribution in [0.4, 0.5) is 11.5 Å². The molecule has 6 heteroatoms. The van der Waals surface area contributed by atoms with Gasteiger partial charge in [0.2, 0.25) is 5.91 Å². The molecule has 1 aromatic heterocycles. The van der Waals surface area contributed by atoms with E-state index in [9.17, 15) is 4.79 Å². The highest BCUT2D eigenvalue weighted by Crippen LogP contribution is 2.22. The molecule has 0 aliphatic carbocycles. The molecule has 1 aromatic rings. The number of carbonyl (C=O) groups excluding carboxylic acids is 1. The second kappa shape index (κ2) is 7.31. The smallest absolute Gasteiger partial charge is 0.224 e. The fourth-order valence-electron chi connectivity index (χ4n) is 2.09. The molecule has 3 N–H and O–H groups in total. The Bertz CT molecular complexity index is 411. The maximum absolute atomic E-state index is 11.7. The van der Waals surface area contributed by atoms with Gasteiger partial charge >= 0.3 is 0 Å². The molecule has 0 aromatic carbocycles. The van der Waals surface area contributed by atoms with Crippen molar-refractivity contribution in [1.29, 1.82) is 0 Å². The van der Waals surface area contributed by atoms with Gasteiger partial charge in [0.15, 0.2) is 0 Å². The van der Waals surface area contributed by atoms with Crippen molar-refractivity contribution in [3.63, 3.8) is 0 Å². The number of rotatable bonds is 4. The molecule has 0 saturated carbocycles. The number of nitrogens with two attached hydrogens (primary N) is 1. The first kappa shape index (κ1) is 15.7. The van der Waals surface area contributed by atoms with Gasteiger partial charge in [-0.2, -0.15) is 0 Å². The minimum absolute atomic E-state index is 0. The molecule has 1 aliphatic rings. The summed E-state index contributed by atoms with van der Waals surface area (Å²) in [5.41, 5.74) is 6.15. The van der Waals surface area contributed by atoms with Crippen molar-refractivity contribution in [2.24, 2.45) is 0 Å². The minimum Gasteiger partial charge on any atom is -0.384 e. The zero-order chi connectivity index (χ0) is 13.0. The van der Waals surface area contributed by atoms with Crippen molar-refractivity contribution < 1.29 is 9.53 Å². The SMILES string of the molecule is CC1CCC(CCC(=O)Nc2ccc(N)nc2)O1.Cl. The lowest BCUT2D eigenvalue weighted by molar-refractivity contribution is -0.116. The first-order valence-electron chi connectivity index (χ1n) is 6.30. The molecule has 1 amide bonds. The molecule has 19 heavy (non-hydrogen) atoms. The summed E-state index contributed by atoms with van der Waals surface area (Å²) in [4.78, 5) is 15.6. The highest BCUT2D eigenvalue weighted by Gasteiger charge is 2.22. The van der Waals surface area contributed by atoms with Crippen molar-refractivity contribution in [2.45, 2.75) is 44.8 Å². The van der Waals surface area contributed by atoms with E-state index in [2.05, 4.69) is 17.2 Å². The van der Waals surface area contributed by atoms with Crippen LogP contribution in [-0.2, 0) is 9.53 Å². The zero-order valence-electron chi connectivity index (χ0n) is 11.0. The van der Waals surface area contributed by atoms with E-state index in [1.54, 1.807) is 18.3 Å². The molecule has 1 fully saturated rings. The predicted octanol–water partition coefficient (Wildman–Crippen LogP) is 2.37. The third kappa shape index (κ3) is 5.04. The van der Waals surface area contributed by atoms with Gasteiger partial charge in [0.05, 0.1) is 24.1 Å². The average molecular weight is 286 g/mol. The van der Waals surface area contributed by atoms with Gasteiger partial charge in [-0.3, -0.25) is 4.79 Å². The Balaban J connectivity index is 0.00000180. The van der Waals surface area contributed by atoms with Crippen LogP contribution in [0.15, 0.2) is 18.3 Å². The van der Waals surface area contributed by atoms with Gasteiger partial charge in [-0.1, -0.05) is 0 Å². The number of aromatic nitrogens is 1. The third-order valence-corrected chi connectivity index (χ3v) is 3.08. The summed E-state index contributed by atoms with van der Waals surface area (Å²) in [5.74, 6) is 0.436. The van der Waals surface area contributed by atoms with Crippen LogP contribution in [0, 0.1) is 0 Å². The van der Waals surface area contributed by atoms with Crippen LogP contribution in [0.1, 0.15) is 32.6 Å². The molecule has 2 heterocycles. The van der Waals surface area contributed by atoms with Crippen LogP contribution in [-0.4, -0.2) is 23.1 Å². The zero-order valence-corrected chi connectivity index (χ0v) is 11.8. The number of hydrogen-bond donors (Lipinski definition) is 2. The van der Waals surface area contributed by atoms with Crippen LogP contribution in [0.2, 0.25) is 0 Å². The highest BCUT2D eigenvalue weighted by atomic mass is 35.5. The van der Waals surface area contributed by atoms with E-state index in [0.29, 0.717) is 24.0 Å². The summed E-state index contributed by atoms with van der Waals surface area (Å²) in [6.07, 6.45) is 5.52. The van der Waals surface area contributed by atoms with E-state index in [-0.39, 0.29) is 24.4 Å². The Kier molecular flexibility index (Phi) is 6.05. The Labute approximate surface area is 119 Å². The quantitative estimate of drug-likeness (QED) is 0.890. The van der Waals surface area contributed by atoms with E-state index in [0.717, 1.165) is 19.3 Å². The number of halogens is 1. The van der Waals surface area contributed by atoms with Crippen molar-refractivity contribution in [1.82, 2.24) is 4.98 Å². The van der Waals surface area contributed by atoms with Crippen molar-refractivity contribution in [3.8, 4) is 0 Å². The molecule has 0 radical (unpaired) electrons. The summed E-state index contributed by atoms with van der Waals surface area (Å²) in [7, 11) is 0. The Morgan fingerprint density at radius 3 is 2.89 bits per heavy atom. The van der Waals surface area contributed by atoms with E-state index in [1.807, 2.05) is 0 Å². The second-order valence-electron chi connectivity index (χ2n) is 4.70. The first-order valence-corrected chi connectivity index (χ1v) is 6.30. The summed E-state index contributed by atoms with van der Waals surface area (Å²) in [6.45, 7) is 2.07. The fourth-order valence-corrected chi connectivity index (χ4v) is 2.09. The molecule has 5 nitrogen and oxygen atoms in total. The van der Waals surface area contributed by atoms with Gasteiger partial charge in [-0.25, -0.2) is 4.98 Å². The van der Waals surface area contributed by atoms with Gasteiger partial charge < -0.3 is 15.8 Å². The maximum Gasteiger partial charge on any atom is 0.224 e.